The number of rotatable bonds is 2. The van der Waals surface area contributed by atoms with Crippen LogP contribution < -0.4 is 29.6 Å². The van der Waals surface area contributed by atoms with E-state index in [1.165, 1.54) is 0 Å². The van der Waals surface area contributed by atoms with Gasteiger partial charge in [0.25, 0.3) is 11.4 Å². The first-order chi connectivity index (χ1) is 4.50. The minimum absolute atomic E-state index is 0. The van der Waals surface area contributed by atoms with Crippen LogP contribution in [0.2, 0.25) is 0 Å². The summed E-state index contributed by atoms with van der Waals surface area (Å²) in [5, 5.41) is 0. The number of hydrogen-bond acceptors (Lipinski definition) is 4. The first-order valence-corrected chi connectivity index (χ1v) is 3.61. The van der Waals surface area contributed by atoms with E-state index in [0.717, 1.165) is 0 Å². The van der Waals surface area contributed by atoms with E-state index >= 15 is 0 Å². The van der Waals surface area contributed by atoms with Gasteiger partial charge in [0.15, 0.2) is 0 Å². The fraction of sp³-hybridized carbons (Fsp3) is 0. The van der Waals surface area contributed by atoms with Gasteiger partial charge in [-0.3, -0.25) is 18.5 Å². The molecule has 0 radical (unpaired) electrons. The first-order valence-electron chi connectivity index (χ1n) is 1.52. The monoisotopic (exact) mass is 216 g/mol. The smallest absolute Gasteiger partial charge is 1.00 e. The molecule has 0 saturated carbocycles. The molecule has 0 aliphatic carbocycles. The Balaban J connectivity index is -0.0000000483. The molecule has 0 aliphatic rings. The van der Waals surface area contributed by atoms with E-state index in [-0.39, 0.29) is 37.5 Å². The summed E-state index contributed by atoms with van der Waals surface area (Å²) in [5.41, 5.74) is 0. The Morgan fingerprint density at radius 3 is 1.55 bits per heavy atom. The first kappa shape index (κ1) is 17.7. The van der Waals surface area contributed by atoms with Gasteiger partial charge >= 0.3 is 47.4 Å². The summed E-state index contributed by atoms with van der Waals surface area (Å²) < 4.78 is 43.1. The Labute approximate surface area is 90.9 Å². The van der Waals surface area contributed by atoms with E-state index in [1.54, 1.807) is 0 Å². The van der Waals surface area contributed by atoms with Gasteiger partial charge in [0.2, 0.25) is 0 Å². The summed E-state index contributed by atoms with van der Waals surface area (Å²) in [6, 6.07) is 0. The molecule has 0 heterocycles. The predicted molar refractivity (Wildman–Crippen MR) is 32.4 cm³/mol. The molecule has 0 rings (SSSR count). The molecule has 0 aromatic carbocycles. The molecule has 0 fully saturated rings. The quantitative estimate of drug-likeness (QED) is 0.245. The summed E-state index contributed by atoms with van der Waals surface area (Å²) in [7, 11) is 0. The molecule has 0 amide bonds. The maximum atomic E-state index is 9.26. The third kappa shape index (κ3) is 59.8. The van der Waals surface area contributed by atoms with E-state index in [2.05, 4.69) is 4.18 Å². The average molecular weight is 216 g/mol. The maximum absolute atomic E-state index is 9.26. The Hall–Kier alpha value is 0.650. The molecular formula is CH5NaO7S2. The van der Waals surface area contributed by atoms with Gasteiger partial charge < -0.3 is 5.61 Å². The SMILES string of the molecule is O=COS(=O)O.O=S(O)O.[H-].[Na+]. The fourth-order valence-corrected chi connectivity index (χ4v) is 0.101. The summed E-state index contributed by atoms with van der Waals surface area (Å²) in [6.45, 7) is -0.101. The molecule has 1 atom stereocenters. The molecule has 0 aromatic rings. The van der Waals surface area contributed by atoms with Gasteiger partial charge in [0, 0.05) is 0 Å². The Bertz CT molecular complexity index is 135. The molecule has 0 aromatic heterocycles. The second kappa shape index (κ2) is 13.3. The van der Waals surface area contributed by atoms with Crippen LogP contribution in [0.3, 0.4) is 0 Å². The van der Waals surface area contributed by atoms with Crippen LogP contribution in [0.4, 0.5) is 0 Å². The van der Waals surface area contributed by atoms with Crippen LogP contribution in [-0.2, 0) is 31.7 Å². The van der Waals surface area contributed by atoms with Gasteiger partial charge in [-0.15, -0.1) is 0 Å². The Kier molecular flexibility index (Phi) is 21.3. The zero-order chi connectivity index (χ0) is 8.57. The maximum Gasteiger partial charge on any atom is 1.00 e. The number of hydrogen-bond donors (Lipinski definition) is 3. The third-order valence-electron chi connectivity index (χ3n) is 0.122. The van der Waals surface area contributed by atoms with E-state index in [1.807, 2.05) is 0 Å². The van der Waals surface area contributed by atoms with Gasteiger partial charge in [0.1, 0.15) is 0 Å². The van der Waals surface area contributed by atoms with Crippen LogP contribution >= 0.6 is 0 Å². The van der Waals surface area contributed by atoms with E-state index < -0.39 is 22.7 Å². The summed E-state index contributed by atoms with van der Waals surface area (Å²) >= 11 is -5.04. The van der Waals surface area contributed by atoms with Crippen LogP contribution in [0.1, 0.15) is 1.43 Å². The van der Waals surface area contributed by atoms with E-state index in [4.69, 9.17) is 22.7 Å². The van der Waals surface area contributed by atoms with Gasteiger partial charge in [-0.25, -0.2) is 0 Å². The Morgan fingerprint density at radius 2 is 1.55 bits per heavy atom. The van der Waals surface area contributed by atoms with Crippen molar-refractivity contribution in [3.05, 3.63) is 0 Å². The summed E-state index contributed by atoms with van der Waals surface area (Å²) in [5.74, 6) is 0. The van der Waals surface area contributed by atoms with Crippen molar-refractivity contribution in [2.45, 2.75) is 0 Å². The van der Waals surface area contributed by atoms with Crippen LogP contribution in [-0.4, -0.2) is 28.5 Å². The van der Waals surface area contributed by atoms with Crippen LogP contribution in [0.15, 0.2) is 0 Å². The molecule has 0 spiro atoms. The van der Waals surface area contributed by atoms with E-state index in [0.29, 0.717) is 0 Å². The van der Waals surface area contributed by atoms with Gasteiger partial charge in [-0.1, -0.05) is 0 Å². The second-order valence-corrected chi connectivity index (χ2v) is 1.73. The van der Waals surface area contributed by atoms with Crippen molar-refractivity contribution in [2.24, 2.45) is 0 Å². The van der Waals surface area contributed by atoms with Crippen molar-refractivity contribution in [3.63, 3.8) is 0 Å². The Morgan fingerprint density at radius 1 is 1.27 bits per heavy atom. The van der Waals surface area contributed by atoms with Gasteiger partial charge in [-0.2, -0.15) is 8.42 Å². The van der Waals surface area contributed by atoms with Gasteiger partial charge in [0.05, 0.1) is 0 Å². The van der Waals surface area contributed by atoms with Crippen LogP contribution in [0, 0.1) is 0 Å². The molecule has 10 heteroatoms. The molecular weight excluding hydrogens is 211 g/mol. The van der Waals surface area contributed by atoms with Crippen molar-refractivity contribution in [2.75, 3.05) is 0 Å². The second-order valence-electron chi connectivity index (χ2n) is 0.640. The topological polar surface area (TPSA) is 121 Å². The summed E-state index contributed by atoms with van der Waals surface area (Å²) in [6.07, 6.45) is 0. The molecule has 1 unspecified atom stereocenters. The normalized spacial score (nSPS) is 10.2. The zero-order valence-electron chi connectivity index (χ0n) is 6.37. The van der Waals surface area contributed by atoms with Gasteiger partial charge in [-0.05, 0) is 0 Å². The van der Waals surface area contributed by atoms with Crippen molar-refractivity contribution in [3.8, 4) is 0 Å². The summed E-state index contributed by atoms with van der Waals surface area (Å²) in [4.78, 5) is 9.04. The molecule has 64 valence electrons. The largest absolute Gasteiger partial charge is 1.00 e. The van der Waals surface area contributed by atoms with E-state index in [9.17, 15) is 4.21 Å². The number of carbonyl (C=O) groups excluding carboxylic acids is 1. The minimum Gasteiger partial charge on any atom is -1.00 e. The average Bonchev–Trinajstić information content (AvgIpc) is 1.62. The van der Waals surface area contributed by atoms with Crippen molar-refractivity contribution < 1.29 is 62.0 Å². The van der Waals surface area contributed by atoms with Crippen molar-refractivity contribution >= 4 is 29.2 Å². The molecule has 11 heavy (non-hydrogen) atoms. The van der Waals surface area contributed by atoms with Crippen molar-refractivity contribution in [1.29, 1.82) is 0 Å². The number of carbonyl (C=O) groups is 1. The fourth-order valence-electron chi connectivity index (χ4n) is 0.0336. The third-order valence-corrected chi connectivity index (χ3v) is 0.365. The molecule has 7 nitrogen and oxygen atoms in total. The molecule has 0 bridgehead atoms. The molecule has 0 saturated heterocycles. The van der Waals surface area contributed by atoms with Crippen LogP contribution in [0.25, 0.3) is 0 Å². The minimum atomic E-state index is -2.61. The molecule has 0 aliphatic heterocycles. The zero-order valence-corrected chi connectivity index (χ0v) is 9.00. The van der Waals surface area contributed by atoms with Crippen LogP contribution in [0.5, 0.6) is 0 Å². The molecule has 3 N–H and O–H groups in total. The standard InChI is InChI=1S/CH2O4S.Na.H2O3S.H/c2-1-5-6(3)4;;1-4(2)3;/h1H,(H,3,4);;(H2,1,2,3);/q;+1;;-1. The van der Waals surface area contributed by atoms with Crippen molar-refractivity contribution in [1.82, 2.24) is 0 Å². The predicted octanol–water partition coefficient (Wildman–Crippen LogP) is -3.91.